The number of carbonyl (C=O) groups is 1. The van der Waals surface area contributed by atoms with Crippen molar-refractivity contribution in [2.45, 2.75) is 19.8 Å². The lowest BCUT2D eigenvalue weighted by molar-refractivity contribution is -0.143. The Morgan fingerprint density at radius 2 is 1.95 bits per heavy atom. The molecule has 0 amide bonds. The third-order valence-corrected chi connectivity index (χ3v) is 2.77. The number of nitrogens with zero attached hydrogens (tertiary/aromatic N) is 1. The zero-order valence-electron chi connectivity index (χ0n) is 12.1. The predicted octanol–water partition coefficient (Wildman–Crippen LogP) is 2.48. The molecule has 0 aliphatic rings. The van der Waals surface area contributed by atoms with E-state index in [1.54, 1.807) is 19.1 Å². The van der Waals surface area contributed by atoms with Gasteiger partial charge >= 0.3 is 5.97 Å². The van der Waals surface area contributed by atoms with Gasteiger partial charge in [-0.05, 0) is 44.7 Å². The second-order valence-corrected chi connectivity index (χ2v) is 4.51. The van der Waals surface area contributed by atoms with Crippen molar-refractivity contribution in [1.82, 2.24) is 4.90 Å². The molecule has 1 rings (SSSR count). The Bertz CT molecular complexity index is 395. The van der Waals surface area contributed by atoms with Gasteiger partial charge in [0.25, 0.3) is 0 Å². The SMILES string of the molecule is CCOC(=O)CCN(C)CCCOc1ccc(F)cc1. The van der Waals surface area contributed by atoms with Crippen molar-refractivity contribution < 1.29 is 18.7 Å². The Balaban J connectivity index is 2.08. The Morgan fingerprint density at radius 1 is 1.25 bits per heavy atom. The lowest BCUT2D eigenvalue weighted by Gasteiger charge is -2.16. The van der Waals surface area contributed by atoms with E-state index in [0.717, 1.165) is 13.0 Å². The summed E-state index contributed by atoms with van der Waals surface area (Å²) in [4.78, 5) is 13.2. The highest BCUT2D eigenvalue weighted by atomic mass is 19.1. The second kappa shape index (κ2) is 9.31. The number of esters is 1. The quantitative estimate of drug-likeness (QED) is 0.515. The van der Waals surface area contributed by atoms with Gasteiger partial charge in [0.05, 0.1) is 19.6 Å². The van der Waals surface area contributed by atoms with E-state index in [-0.39, 0.29) is 11.8 Å². The molecule has 20 heavy (non-hydrogen) atoms. The van der Waals surface area contributed by atoms with E-state index in [1.807, 2.05) is 7.05 Å². The third kappa shape index (κ3) is 7.09. The first-order valence-electron chi connectivity index (χ1n) is 6.84. The minimum absolute atomic E-state index is 0.165. The average molecular weight is 283 g/mol. The molecule has 1 aromatic rings. The highest BCUT2D eigenvalue weighted by Gasteiger charge is 2.04. The van der Waals surface area contributed by atoms with Crippen LogP contribution in [-0.4, -0.2) is 44.2 Å². The molecule has 0 N–H and O–H groups in total. The smallest absolute Gasteiger partial charge is 0.307 e. The molecular formula is C15H22FNO3. The topological polar surface area (TPSA) is 38.8 Å². The summed E-state index contributed by atoms with van der Waals surface area (Å²) in [7, 11) is 1.96. The van der Waals surface area contributed by atoms with Crippen LogP contribution in [0.25, 0.3) is 0 Å². The fraction of sp³-hybridized carbons (Fsp3) is 0.533. The van der Waals surface area contributed by atoms with E-state index in [9.17, 15) is 9.18 Å². The summed E-state index contributed by atoms with van der Waals surface area (Å²) in [5.41, 5.74) is 0. The van der Waals surface area contributed by atoms with Gasteiger partial charge in [0.2, 0.25) is 0 Å². The van der Waals surface area contributed by atoms with Crippen molar-refractivity contribution in [1.29, 1.82) is 0 Å². The van der Waals surface area contributed by atoms with Crippen LogP contribution in [0, 0.1) is 5.82 Å². The molecule has 0 aliphatic carbocycles. The standard InChI is InChI=1S/C15H22FNO3/c1-3-19-15(18)9-11-17(2)10-4-12-20-14-7-5-13(16)6-8-14/h5-8H,3-4,9-12H2,1-2H3. The highest BCUT2D eigenvalue weighted by Crippen LogP contribution is 2.11. The van der Waals surface area contributed by atoms with E-state index < -0.39 is 0 Å². The van der Waals surface area contributed by atoms with Gasteiger partial charge < -0.3 is 14.4 Å². The summed E-state index contributed by atoms with van der Waals surface area (Å²) in [6.07, 6.45) is 1.25. The number of benzene rings is 1. The van der Waals surface area contributed by atoms with Gasteiger partial charge in [0.1, 0.15) is 11.6 Å². The molecule has 1 aromatic carbocycles. The first kappa shape index (κ1) is 16.4. The number of hydrogen-bond donors (Lipinski definition) is 0. The van der Waals surface area contributed by atoms with E-state index >= 15 is 0 Å². The molecule has 0 atom stereocenters. The Kier molecular flexibility index (Phi) is 7.65. The minimum atomic E-state index is -0.268. The monoisotopic (exact) mass is 283 g/mol. The third-order valence-electron chi connectivity index (χ3n) is 2.77. The zero-order valence-corrected chi connectivity index (χ0v) is 12.1. The van der Waals surface area contributed by atoms with Crippen LogP contribution in [0.4, 0.5) is 4.39 Å². The molecule has 0 spiro atoms. The summed E-state index contributed by atoms with van der Waals surface area (Å²) < 4.78 is 23.0. The van der Waals surface area contributed by atoms with Crippen LogP contribution in [0.1, 0.15) is 19.8 Å². The molecule has 0 aliphatic heterocycles. The Labute approximate surface area is 119 Å². The molecule has 0 saturated carbocycles. The molecule has 112 valence electrons. The largest absolute Gasteiger partial charge is 0.494 e. The van der Waals surface area contributed by atoms with Gasteiger partial charge in [-0.3, -0.25) is 4.79 Å². The molecule has 0 unspecified atom stereocenters. The van der Waals surface area contributed by atoms with Crippen molar-refractivity contribution in [3.8, 4) is 5.75 Å². The van der Waals surface area contributed by atoms with E-state index in [4.69, 9.17) is 9.47 Å². The van der Waals surface area contributed by atoms with Crippen LogP contribution < -0.4 is 4.74 Å². The number of hydrogen-bond acceptors (Lipinski definition) is 4. The fourth-order valence-electron chi connectivity index (χ4n) is 1.68. The molecule has 5 heteroatoms. The Hall–Kier alpha value is -1.62. The van der Waals surface area contributed by atoms with Crippen LogP contribution in [0.3, 0.4) is 0 Å². The maximum absolute atomic E-state index is 12.7. The second-order valence-electron chi connectivity index (χ2n) is 4.51. The first-order valence-corrected chi connectivity index (χ1v) is 6.84. The lowest BCUT2D eigenvalue weighted by Crippen LogP contribution is -2.24. The predicted molar refractivity (Wildman–Crippen MR) is 75.3 cm³/mol. The molecule has 0 bridgehead atoms. The molecule has 0 fully saturated rings. The summed E-state index contributed by atoms with van der Waals surface area (Å²) in [5.74, 6) is 0.235. The summed E-state index contributed by atoms with van der Waals surface area (Å²) in [5, 5.41) is 0. The molecule has 0 saturated heterocycles. The normalized spacial score (nSPS) is 10.6. The van der Waals surface area contributed by atoms with E-state index in [1.165, 1.54) is 12.1 Å². The molecule has 0 radical (unpaired) electrons. The lowest BCUT2D eigenvalue weighted by atomic mass is 10.3. The van der Waals surface area contributed by atoms with Crippen molar-refractivity contribution in [3.05, 3.63) is 30.1 Å². The number of carbonyl (C=O) groups excluding carboxylic acids is 1. The number of halogens is 1. The molecule has 4 nitrogen and oxygen atoms in total. The average Bonchev–Trinajstić information content (AvgIpc) is 2.43. The van der Waals surface area contributed by atoms with Crippen LogP contribution in [0.5, 0.6) is 5.75 Å². The Morgan fingerprint density at radius 3 is 2.60 bits per heavy atom. The molecule has 0 aromatic heterocycles. The maximum atomic E-state index is 12.7. The van der Waals surface area contributed by atoms with Gasteiger partial charge in [-0.15, -0.1) is 0 Å². The summed E-state index contributed by atoms with van der Waals surface area (Å²) >= 11 is 0. The van der Waals surface area contributed by atoms with Crippen molar-refractivity contribution in [3.63, 3.8) is 0 Å². The van der Waals surface area contributed by atoms with Gasteiger partial charge in [0, 0.05) is 13.1 Å². The number of rotatable bonds is 9. The highest BCUT2D eigenvalue weighted by molar-refractivity contribution is 5.69. The minimum Gasteiger partial charge on any atom is -0.494 e. The van der Waals surface area contributed by atoms with E-state index in [0.29, 0.717) is 31.9 Å². The first-order chi connectivity index (χ1) is 9.61. The van der Waals surface area contributed by atoms with Gasteiger partial charge in [-0.1, -0.05) is 0 Å². The fourth-order valence-corrected chi connectivity index (χ4v) is 1.68. The van der Waals surface area contributed by atoms with Crippen LogP contribution in [0.15, 0.2) is 24.3 Å². The van der Waals surface area contributed by atoms with Crippen LogP contribution in [0.2, 0.25) is 0 Å². The van der Waals surface area contributed by atoms with Gasteiger partial charge in [0.15, 0.2) is 0 Å². The molecule has 0 heterocycles. The van der Waals surface area contributed by atoms with Crippen molar-refractivity contribution >= 4 is 5.97 Å². The van der Waals surface area contributed by atoms with Crippen LogP contribution in [-0.2, 0) is 9.53 Å². The maximum Gasteiger partial charge on any atom is 0.307 e. The van der Waals surface area contributed by atoms with Crippen LogP contribution >= 0.6 is 0 Å². The zero-order chi connectivity index (χ0) is 14.8. The van der Waals surface area contributed by atoms with Gasteiger partial charge in [-0.25, -0.2) is 4.39 Å². The van der Waals surface area contributed by atoms with E-state index in [2.05, 4.69) is 4.90 Å². The van der Waals surface area contributed by atoms with Crippen molar-refractivity contribution in [2.24, 2.45) is 0 Å². The molecular weight excluding hydrogens is 261 g/mol. The summed E-state index contributed by atoms with van der Waals surface area (Å²) in [6, 6.07) is 5.97. The number of ether oxygens (including phenoxy) is 2. The van der Waals surface area contributed by atoms with Gasteiger partial charge in [-0.2, -0.15) is 0 Å². The summed E-state index contributed by atoms with van der Waals surface area (Å²) in [6.45, 7) is 4.30. The van der Waals surface area contributed by atoms with Crippen molar-refractivity contribution in [2.75, 3.05) is 33.4 Å².